The van der Waals surface area contributed by atoms with Crippen LogP contribution in [0.25, 0.3) is 0 Å². The third kappa shape index (κ3) is 2.75. The largest absolute Gasteiger partial charge is 0.126 e. The highest BCUT2D eigenvalue weighted by molar-refractivity contribution is 6.18. The third-order valence-corrected chi connectivity index (χ3v) is 3.20. The zero-order valence-corrected chi connectivity index (χ0v) is 10.1. The van der Waals surface area contributed by atoms with Gasteiger partial charge in [-0.05, 0) is 42.9 Å². The van der Waals surface area contributed by atoms with E-state index < -0.39 is 0 Å². The Bertz CT molecular complexity index is 291. The summed E-state index contributed by atoms with van der Waals surface area (Å²) in [7, 11) is 0. The lowest BCUT2D eigenvalue weighted by atomic mass is 9.93. The number of halogens is 1. The van der Waals surface area contributed by atoms with E-state index in [1.54, 1.807) is 0 Å². The van der Waals surface area contributed by atoms with Crippen LogP contribution in [-0.2, 0) is 0 Å². The molecule has 0 fully saturated rings. The van der Waals surface area contributed by atoms with Gasteiger partial charge in [0, 0.05) is 5.88 Å². The number of rotatable bonds is 4. The van der Waals surface area contributed by atoms with Gasteiger partial charge in [-0.3, -0.25) is 0 Å². The van der Waals surface area contributed by atoms with E-state index in [9.17, 15) is 0 Å². The molecule has 1 rings (SSSR count). The first-order chi connectivity index (χ1) is 6.69. The molecule has 0 nitrogen and oxygen atoms in total. The molecule has 0 aromatic heterocycles. The Balaban J connectivity index is 2.88. The maximum Gasteiger partial charge on any atom is 0.0292 e. The first-order valence-electron chi connectivity index (χ1n) is 5.32. The molecule has 14 heavy (non-hydrogen) atoms. The molecule has 1 unspecified atom stereocenters. The molecule has 0 heterocycles. The Morgan fingerprint density at radius 2 is 1.93 bits per heavy atom. The summed E-state index contributed by atoms with van der Waals surface area (Å²) in [4.78, 5) is 0. The van der Waals surface area contributed by atoms with Gasteiger partial charge in [0.1, 0.15) is 0 Å². The molecular formula is C13H19Cl. The summed E-state index contributed by atoms with van der Waals surface area (Å²) >= 11 is 5.97. The van der Waals surface area contributed by atoms with E-state index in [0.29, 0.717) is 5.92 Å². The van der Waals surface area contributed by atoms with Crippen LogP contribution in [0, 0.1) is 13.8 Å². The van der Waals surface area contributed by atoms with Crippen LogP contribution in [0.1, 0.15) is 42.4 Å². The Kier molecular flexibility index (Phi) is 4.47. The molecule has 0 N–H and O–H groups in total. The summed E-state index contributed by atoms with van der Waals surface area (Å²) in [6.07, 6.45) is 2.39. The topological polar surface area (TPSA) is 0 Å². The van der Waals surface area contributed by atoms with Crippen molar-refractivity contribution in [2.45, 2.75) is 39.5 Å². The van der Waals surface area contributed by atoms with E-state index >= 15 is 0 Å². The van der Waals surface area contributed by atoms with Crippen molar-refractivity contribution in [2.75, 3.05) is 5.88 Å². The Hall–Kier alpha value is -0.490. The first-order valence-corrected chi connectivity index (χ1v) is 5.85. The molecule has 0 aliphatic heterocycles. The third-order valence-electron chi connectivity index (χ3n) is 2.83. The summed E-state index contributed by atoms with van der Waals surface area (Å²) in [6.45, 7) is 6.52. The molecule has 0 radical (unpaired) electrons. The van der Waals surface area contributed by atoms with Crippen molar-refractivity contribution < 1.29 is 0 Å². The lowest BCUT2D eigenvalue weighted by Gasteiger charge is -2.14. The lowest BCUT2D eigenvalue weighted by Crippen LogP contribution is -2.00. The van der Waals surface area contributed by atoms with Crippen LogP contribution in [0.4, 0.5) is 0 Å². The quantitative estimate of drug-likeness (QED) is 0.646. The molecule has 1 aromatic rings. The fraction of sp³-hybridized carbons (Fsp3) is 0.538. The minimum absolute atomic E-state index is 0.529. The van der Waals surface area contributed by atoms with Crippen molar-refractivity contribution >= 4 is 11.6 Å². The molecular weight excluding hydrogens is 192 g/mol. The van der Waals surface area contributed by atoms with Crippen LogP contribution in [0.2, 0.25) is 0 Å². The lowest BCUT2D eigenvalue weighted by molar-refractivity contribution is 0.669. The van der Waals surface area contributed by atoms with Gasteiger partial charge in [-0.2, -0.15) is 0 Å². The summed E-state index contributed by atoms with van der Waals surface area (Å²) in [5.74, 6) is 1.26. The average Bonchev–Trinajstić information content (AvgIpc) is 2.19. The second-order valence-corrected chi connectivity index (χ2v) is 4.29. The molecule has 0 spiro atoms. The van der Waals surface area contributed by atoms with Crippen LogP contribution in [0.3, 0.4) is 0 Å². The number of aryl methyl sites for hydroxylation is 2. The standard InChI is InChI=1S/C13H19Cl/c1-4-5-13(9-14)12-7-6-10(2)11(3)8-12/h6-8,13H,4-5,9H2,1-3H3. The van der Waals surface area contributed by atoms with Crippen LogP contribution in [0.15, 0.2) is 18.2 Å². The van der Waals surface area contributed by atoms with Crippen LogP contribution in [0.5, 0.6) is 0 Å². The second kappa shape index (κ2) is 5.41. The normalized spacial score (nSPS) is 12.9. The van der Waals surface area contributed by atoms with Gasteiger partial charge in [0.25, 0.3) is 0 Å². The molecule has 0 bridgehead atoms. The van der Waals surface area contributed by atoms with E-state index in [-0.39, 0.29) is 0 Å². The van der Waals surface area contributed by atoms with Crippen molar-refractivity contribution in [2.24, 2.45) is 0 Å². The summed E-state index contributed by atoms with van der Waals surface area (Å²) in [5, 5.41) is 0. The van der Waals surface area contributed by atoms with Crippen molar-refractivity contribution in [1.29, 1.82) is 0 Å². The van der Waals surface area contributed by atoms with Gasteiger partial charge in [0.15, 0.2) is 0 Å². The zero-order chi connectivity index (χ0) is 10.6. The summed E-state index contributed by atoms with van der Waals surface area (Å²) < 4.78 is 0. The molecule has 1 heteroatoms. The fourth-order valence-corrected chi connectivity index (χ4v) is 2.03. The number of hydrogen-bond acceptors (Lipinski definition) is 0. The predicted molar refractivity (Wildman–Crippen MR) is 64.3 cm³/mol. The summed E-state index contributed by atoms with van der Waals surface area (Å²) in [5.41, 5.74) is 4.12. The van der Waals surface area contributed by atoms with E-state index in [4.69, 9.17) is 11.6 Å². The highest BCUT2D eigenvalue weighted by atomic mass is 35.5. The van der Waals surface area contributed by atoms with Gasteiger partial charge < -0.3 is 0 Å². The van der Waals surface area contributed by atoms with Gasteiger partial charge >= 0.3 is 0 Å². The van der Waals surface area contributed by atoms with Gasteiger partial charge in [0.05, 0.1) is 0 Å². The van der Waals surface area contributed by atoms with Crippen molar-refractivity contribution in [3.63, 3.8) is 0 Å². The van der Waals surface area contributed by atoms with Crippen LogP contribution >= 0.6 is 11.6 Å². The van der Waals surface area contributed by atoms with Crippen molar-refractivity contribution in [1.82, 2.24) is 0 Å². The monoisotopic (exact) mass is 210 g/mol. The van der Waals surface area contributed by atoms with E-state index in [1.165, 1.54) is 29.5 Å². The smallest absolute Gasteiger partial charge is 0.0292 e. The maximum atomic E-state index is 5.97. The Labute approximate surface area is 92.3 Å². The van der Waals surface area contributed by atoms with E-state index in [0.717, 1.165) is 5.88 Å². The van der Waals surface area contributed by atoms with Crippen molar-refractivity contribution in [3.05, 3.63) is 34.9 Å². The number of hydrogen-bond donors (Lipinski definition) is 0. The average molecular weight is 211 g/mol. The first kappa shape index (κ1) is 11.6. The SMILES string of the molecule is CCCC(CCl)c1ccc(C)c(C)c1. The van der Waals surface area contributed by atoms with Gasteiger partial charge in [0.2, 0.25) is 0 Å². The van der Waals surface area contributed by atoms with Gasteiger partial charge in [-0.25, -0.2) is 0 Å². The zero-order valence-electron chi connectivity index (χ0n) is 9.31. The van der Waals surface area contributed by atoms with Crippen molar-refractivity contribution in [3.8, 4) is 0 Å². The number of alkyl halides is 1. The predicted octanol–water partition coefficient (Wildman–Crippen LogP) is 4.43. The Morgan fingerprint density at radius 3 is 2.43 bits per heavy atom. The fourth-order valence-electron chi connectivity index (χ4n) is 1.70. The Morgan fingerprint density at radius 1 is 1.21 bits per heavy atom. The molecule has 0 amide bonds. The van der Waals surface area contributed by atoms with Crippen LogP contribution < -0.4 is 0 Å². The second-order valence-electron chi connectivity index (χ2n) is 3.98. The minimum Gasteiger partial charge on any atom is -0.126 e. The molecule has 0 saturated carbocycles. The minimum atomic E-state index is 0.529. The molecule has 0 saturated heterocycles. The molecule has 0 aliphatic carbocycles. The highest BCUT2D eigenvalue weighted by Crippen LogP contribution is 2.24. The van der Waals surface area contributed by atoms with Crippen LogP contribution in [-0.4, -0.2) is 5.88 Å². The van der Waals surface area contributed by atoms with E-state index in [1.807, 2.05) is 0 Å². The van der Waals surface area contributed by atoms with E-state index in [2.05, 4.69) is 39.0 Å². The highest BCUT2D eigenvalue weighted by Gasteiger charge is 2.09. The number of benzene rings is 1. The molecule has 78 valence electrons. The molecule has 1 atom stereocenters. The van der Waals surface area contributed by atoms with Gasteiger partial charge in [-0.15, -0.1) is 11.6 Å². The summed E-state index contributed by atoms with van der Waals surface area (Å²) in [6, 6.07) is 6.68. The molecule has 1 aromatic carbocycles. The maximum absolute atomic E-state index is 5.97. The van der Waals surface area contributed by atoms with Gasteiger partial charge in [-0.1, -0.05) is 31.5 Å². The molecule has 0 aliphatic rings.